The molecule has 138 valence electrons. The van der Waals surface area contributed by atoms with E-state index >= 15 is 0 Å². The average molecular weight is 379 g/mol. The molecule has 3 heterocycles. The lowest BCUT2D eigenvalue weighted by Crippen LogP contribution is -2.47. The van der Waals surface area contributed by atoms with E-state index in [1.54, 1.807) is 29.9 Å². The van der Waals surface area contributed by atoms with Crippen LogP contribution >= 0.6 is 11.3 Å². The Labute approximate surface area is 163 Å². The minimum absolute atomic E-state index is 0.0875. The minimum atomic E-state index is 0.0875. The fourth-order valence-corrected chi connectivity index (χ4v) is 3.94. The Balaban J connectivity index is 1.29. The number of hydrogen-bond acceptors (Lipinski definition) is 4. The second kappa shape index (κ2) is 8.33. The van der Waals surface area contributed by atoms with E-state index < -0.39 is 0 Å². The second-order valence-corrected chi connectivity index (χ2v) is 7.61. The maximum Gasteiger partial charge on any atom is 0.246 e. The Bertz CT molecular complexity index is 877. The van der Waals surface area contributed by atoms with E-state index in [1.807, 2.05) is 46.0 Å². The maximum absolute atomic E-state index is 12.5. The Morgan fingerprint density at radius 3 is 2.59 bits per heavy atom. The zero-order valence-corrected chi connectivity index (χ0v) is 15.9. The zero-order chi connectivity index (χ0) is 18.5. The number of aromatic nitrogens is 2. The van der Waals surface area contributed by atoms with Crippen LogP contribution in [0, 0.1) is 0 Å². The largest absolute Gasteiger partial charge is 0.337 e. The van der Waals surface area contributed by atoms with E-state index in [4.69, 9.17) is 0 Å². The summed E-state index contributed by atoms with van der Waals surface area (Å²) in [5.74, 6) is 0.0875. The average Bonchev–Trinajstić information content (AvgIpc) is 3.41. The zero-order valence-electron chi connectivity index (χ0n) is 15.1. The molecule has 5 nitrogen and oxygen atoms in total. The second-order valence-electron chi connectivity index (χ2n) is 6.58. The van der Waals surface area contributed by atoms with Gasteiger partial charge in [-0.15, -0.1) is 11.3 Å². The first-order valence-corrected chi connectivity index (χ1v) is 9.96. The summed E-state index contributed by atoms with van der Waals surface area (Å²) in [7, 11) is 0. The number of piperazine rings is 1. The third kappa shape index (κ3) is 4.53. The number of rotatable bonds is 5. The summed E-state index contributed by atoms with van der Waals surface area (Å²) in [6, 6.07) is 12.3. The minimum Gasteiger partial charge on any atom is -0.337 e. The van der Waals surface area contributed by atoms with Gasteiger partial charge >= 0.3 is 0 Å². The van der Waals surface area contributed by atoms with Gasteiger partial charge in [-0.2, -0.15) is 0 Å². The van der Waals surface area contributed by atoms with Gasteiger partial charge in [-0.1, -0.05) is 18.2 Å². The predicted octanol–water partition coefficient (Wildman–Crippen LogP) is 3.29. The van der Waals surface area contributed by atoms with Crippen LogP contribution in [-0.4, -0.2) is 51.4 Å². The number of imidazole rings is 1. The van der Waals surface area contributed by atoms with Crippen LogP contribution in [0.5, 0.6) is 0 Å². The summed E-state index contributed by atoms with van der Waals surface area (Å²) in [6.45, 7) is 4.41. The van der Waals surface area contributed by atoms with Crippen molar-refractivity contribution >= 4 is 23.3 Å². The first-order chi connectivity index (χ1) is 13.3. The quantitative estimate of drug-likeness (QED) is 0.640. The van der Waals surface area contributed by atoms with Gasteiger partial charge in [0.25, 0.3) is 0 Å². The number of amides is 1. The highest BCUT2D eigenvalue weighted by molar-refractivity contribution is 7.09. The van der Waals surface area contributed by atoms with E-state index in [2.05, 4.69) is 27.4 Å². The molecule has 4 rings (SSSR count). The Hall–Kier alpha value is -2.70. The standard InChI is InChI=1S/C21H22N4OS/c26-21(24-13-11-23(12-14-24)16-20-2-1-15-27-20)8-5-18-3-6-19(7-4-18)25-10-9-22-17-25/h1-10,15,17H,11-14,16H2/b8-5+. The number of thiophene rings is 1. The highest BCUT2D eigenvalue weighted by Crippen LogP contribution is 2.14. The van der Waals surface area contributed by atoms with E-state index in [-0.39, 0.29) is 5.91 Å². The van der Waals surface area contributed by atoms with Crippen molar-refractivity contribution < 1.29 is 4.79 Å². The molecule has 0 bridgehead atoms. The van der Waals surface area contributed by atoms with Crippen molar-refractivity contribution in [3.05, 3.63) is 77.0 Å². The summed E-state index contributed by atoms with van der Waals surface area (Å²) in [6.07, 6.45) is 9.00. The molecule has 0 unspecified atom stereocenters. The Morgan fingerprint density at radius 2 is 1.93 bits per heavy atom. The van der Waals surface area contributed by atoms with Gasteiger partial charge in [0.05, 0.1) is 6.33 Å². The van der Waals surface area contributed by atoms with Crippen molar-refractivity contribution in [3.8, 4) is 5.69 Å². The molecule has 1 aliphatic heterocycles. The molecule has 1 saturated heterocycles. The van der Waals surface area contributed by atoms with Gasteiger partial charge < -0.3 is 9.47 Å². The highest BCUT2D eigenvalue weighted by atomic mass is 32.1. The van der Waals surface area contributed by atoms with Crippen LogP contribution in [-0.2, 0) is 11.3 Å². The van der Waals surface area contributed by atoms with Crippen LogP contribution in [0.15, 0.2) is 66.6 Å². The molecule has 1 amide bonds. The monoisotopic (exact) mass is 378 g/mol. The molecule has 1 aliphatic rings. The summed E-state index contributed by atoms with van der Waals surface area (Å²) in [5, 5.41) is 2.11. The topological polar surface area (TPSA) is 41.4 Å². The fourth-order valence-electron chi connectivity index (χ4n) is 3.19. The Morgan fingerprint density at radius 1 is 1.11 bits per heavy atom. The molecule has 0 radical (unpaired) electrons. The Kier molecular flexibility index (Phi) is 5.46. The van der Waals surface area contributed by atoms with Gasteiger partial charge in [-0.3, -0.25) is 9.69 Å². The number of carbonyl (C=O) groups is 1. The van der Waals surface area contributed by atoms with Crippen molar-refractivity contribution in [1.82, 2.24) is 19.4 Å². The van der Waals surface area contributed by atoms with Crippen LogP contribution in [0.2, 0.25) is 0 Å². The molecular weight excluding hydrogens is 356 g/mol. The van der Waals surface area contributed by atoms with E-state index in [0.29, 0.717) is 0 Å². The normalized spacial score (nSPS) is 15.5. The molecule has 2 aromatic heterocycles. The lowest BCUT2D eigenvalue weighted by molar-refractivity contribution is -0.127. The lowest BCUT2D eigenvalue weighted by Gasteiger charge is -2.33. The molecule has 3 aromatic rings. The van der Waals surface area contributed by atoms with E-state index in [0.717, 1.165) is 44.0 Å². The van der Waals surface area contributed by atoms with Crippen molar-refractivity contribution in [2.75, 3.05) is 26.2 Å². The number of nitrogens with zero attached hydrogens (tertiary/aromatic N) is 4. The van der Waals surface area contributed by atoms with E-state index in [1.165, 1.54) is 4.88 Å². The van der Waals surface area contributed by atoms with Crippen LogP contribution in [0.3, 0.4) is 0 Å². The van der Waals surface area contributed by atoms with Crippen molar-refractivity contribution in [2.45, 2.75) is 6.54 Å². The van der Waals surface area contributed by atoms with Crippen LogP contribution < -0.4 is 0 Å². The molecule has 0 aliphatic carbocycles. The van der Waals surface area contributed by atoms with Gasteiger partial charge in [0.2, 0.25) is 5.91 Å². The molecule has 0 spiro atoms. The third-order valence-corrected chi connectivity index (χ3v) is 5.62. The van der Waals surface area contributed by atoms with Gasteiger partial charge in [-0.25, -0.2) is 4.98 Å². The lowest BCUT2D eigenvalue weighted by atomic mass is 10.2. The van der Waals surface area contributed by atoms with Gasteiger partial charge in [0, 0.05) is 61.8 Å². The molecule has 1 aromatic carbocycles. The molecular formula is C21H22N4OS. The molecule has 0 N–H and O–H groups in total. The number of hydrogen-bond donors (Lipinski definition) is 0. The molecule has 6 heteroatoms. The SMILES string of the molecule is O=C(/C=C/c1ccc(-n2ccnc2)cc1)N1CCN(Cc2cccs2)CC1. The number of carbonyl (C=O) groups excluding carboxylic acids is 1. The molecule has 1 fully saturated rings. The van der Waals surface area contributed by atoms with Crippen molar-refractivity contribution in [1.29, 1.82) is 0 Å². The van der Waals surface area contributed by atoms with Gasteiger partial charge in [0.15, 0.2) is 0 Å². The maximum atomic E-state index is 12.5. The fraction of sp³-hybridized carbons (Fsp3) is 0.238. The smallest absolute Gasteiger partial charge is 0.246 e. The molecule has 27 heavy (non-hydrogen) atoms. The first-order valence-electron chi connectivity index (χ1n) is 9.08. The van der Waals surface area contributed by atoms with Crippen LogP contribution in [0.4, 0.5) is 0 Å². The van der Waals surface area contributed by atoms with Crippen molar-refractivity contribution in [2.24, 2.45) is 0 Å². The van der Waals surface area contributed by atoms with Crippen LogP contribution in [0.25, 0.3) is 11.8 Å². The summed E-state index contributed by atoms with van der Waals surface area (Å²) >= 11 is 1.79. The summed E-state index contributed by atoms with van der Waals surface area (Å²) < 4.78 is 1.95. The summed E-state index contributed by atoms with van der Waals surface area (Å²) in [5.41, 5.74) is 2.07. The number of benzene rings is 1. The highest BCUT2D eigenvalue weighted by Gasteiger charge is 2.19. The van der Waals surface area contributed by atoms with Gasteiger partial charge in [-0.05, 0) is 35.2 Å². The van der Waals surface area contributed by atoms with Gasteiger partial charge in [0.1, 0.15) is 0 Å². The van der Waals surface area contributed by atoms with E-state index in [9.17, 15) is 4.79 Å². The summed E-state index contributed by atoms with van der Waals surface area (Å²) in [4.78, 5) is 22.2. The molecule has 0 saturated carbocycles. The predicted molar refractivity (Wildman–Crippen MR) is 109 cm³/mol. The first kappa shape index (κ1) is 17.7. The molecule has 0 atom stereocenters. The van der Waals surface area contributed by atoms with Crippen molar-refractivity contribution in [3.63, 3.8) is 0 Å². The third-order valence-electron chi connectivity index (χ3n) is 4.76. The van der Waals surface area contributed by atoms with Crippen LogP contribution in [0.1, 0.15) is 10.4 Å².